The molecule has 0 atom stereocenters. The summed E-state index contributed by atoms with van der Waals surface area (Å²) in [5.74, 6) is -4.98. The van der Waals surface area contributed by atoms with Crippen molar-refractivity contribution >= 4 is 11.8 Å². The van der Waals surface area contributed by atoms with Crippen molar-refractivity contribution in [1.82, 2.24) is 0 Å². The lowest BCUT2D eigenvalue weighted by atomic mass is 10.1. The van der Waals surface area contributed by atoms with E-state index in [0.717, 1.165) is 12.1 Å². The summed E-state index contributed by atoms with van der Waals surface area (Å²) in [4.78, 5) is 10.1. The maximum Gasteiger partial charge on any atom is 0.458 e. The Kier molecular flexibility index (Phi) is 3.25. The molecule has 1 aromatic rings. The van der Waals surface area contributed by atoms with Crippen molar-refractivity contribution in [3.05, 3.63) is 29.8 Å². The van der Waals surface area contributed by atoms with E-state index in [0.29, 0.717) is 12.1 Å². The number of alkyl halides is 5. The highest BCUT2D eigenvalue weighted by Crippen LogP contribution is 2.43. The Hall–Kier alpha value is -1.86. The monoisotopic (exact) mass is 254 g/mol. The van der Waals surface area contributed by atoms with Crippen LogP contribution in [0, 0.1) is 0 Å². The zero-order valence-corrected chi connectivity index (χ0v) is 8.02. The van der Waals surface area contributed by atoms with Gasteiger partial charge in [0.15, 0.2) is 0 Å². The van der Waals surface area contributed by atoms with Gasteiger partial charge in [0.25, 0.3) is 0 Å². The van der Waals surface area contributed by atoms with Crippen LogP contribution in [0.1, 0.15) is 5.56 Å². The Labute approximate surface area is 91.9 Å². The molecule has 93 valence electrons. The van der Waals surface area contributed by atoms with Crippen LogP contribution in [0.15, 0.2) is 24.3 Å². The van der Waals surface area contributed by atoms with Crippen LogP contribution < -0.4 is 5.32 Å². The Balaban J connectivity index is 2.99. The van der Waals surface area contributed by atoms with Gasteiger partial charge in [-0.15, -0.1) is 0 Å². The second-order valence-corrected chi connectivity index (χ2v) is 3.06. The van der Waals surface area contributed by atoms with E-state index in [1.165, 1.54) is 0 Å². The molecule has 1 rings (SSSR count). The molecule has 0 unspecified atom stereocenters. The molecule has 0 bridgehead atoms. The first kappa shape index (κ1) is 13.2. The topological polar surface area (TPSA) is 49.0 Å². The fourth-order valence-corrected chi connectivity index (χ4v) is 1.04. The minimum Gasteiger partial charge on any atom is -0.288 e. The highest BCUT2D eigenvalue weighted by molar-refractivity contribution is 5.82. The van der Waals surface area contributed by atoms with Gasteiger partial charge in [-0.2, -0.15) is 22.0 Å². The number of carbonyl (C=O) groups is 1. The van der Waals surface area contributed by atoms with Gasteiger partial charge in [0.05, 0.1) is 0 Å². The molecule has 0 spiro atoms. The van der Waals surface area contributed by atoms with Crippen LogP contribution in [0.4, 0.5) is 32.4 Å². The van der Waals surface area contributed by atoms with E-state index in [9.17, 15) is 31.9 Å². The van der Waals surface area contributed by atoms with E-state index >= 15 is 0 Å². The number of nitrogens with one attached hydrogen (secondary N) is 1. The Morgan fingerprint density at radius 2 is 1.47 bits per heavy atom. The van der Waals surface area contributed by atoms with Crippen molar-refractivity contribution in [2.75, 3.05) is 5.32 Å². The summed E-state index contributed by atoms with van der Waals surface area (Å²) in [6.07, 6.45) is -7.39. The standard InChI is InChI=1S/C9H5F5NO2/c10-8(11,9(12,13)14)5-1-3-6(4-2-5)15-7(16)17/h1-4,15H. The number of halogens is 5. The highest BCUT2D eigenvalue weighted by atomic mass is 19.4. The second-order valence-electron chi connectivity index (χ2n) is 3.06. The molecule has 0 aliphatic heterocycles. The first-order chi connectivity index (χ1) is 7.64. The molecule has 0 aromatic heterocycles. The average Bonchev–Trinajstić information content (AvgIpc) is 2.15. The highest BCUT2D eigenvalue weighted by Gasteiger charge is 2.58. The summed E-state index contributed by atoms with van der Waals surface area (Å²) in [5.41, 5.74) is -1.43. The van der Waals surface area contributed by atoms with Gasteiger partial charge in [-0.3, -0.25) is 5.32 Å². The van der Waals surface area contributed by atoms with E-state index in [4.69, 9.17) is 0 Å². The summed E-state index contributed by atoms with van der Waals surface area (Å²) in [5, 5.41) is 11.8. The zero-order chi connectivity index (χ0) is 13.3. The number of anilines is 1. The van der Waals surface area contributed by atoms with Crippen molar-refractivity contribution in [2.24, 2.45) is 0 Å². The third-order valence-corrected chi connectivity index (χ3v) is 1.85. The summed E-state index contributed by atoms with van der Waals surface area (Å²) >= 11 is 0. The van der Waals surface area contributed by atoms with Crippen LogP contribution in [0.5, 0.6) is 0 Å². The maximum absolute atomic E-state index is 12.8. The molecule has 0 aliphatic rings. The SMILES string of the molecule is [O]C(=O)Nc1ccc(C(F)(F)C(F)(F)F)cc1. The third kappa shape index (κ3) is 2.83. The van der Waals surface area contributed by atoms with E-state index in [-0.39, 0.29) is 5.69 Å². The second kappa shape index (κ2) is 4.19. The van der Waals surface area contributed by atoms with Crippen molar-refractivity contribution in [3.8, 4) is 0 Å². The molecule has 8 heteroatoms. The molecular weight excluding hydrogens is 249 g/mol. The lowest BCUT2D eigenvalue weighted by Gasteiger charge is -2.19. The zero-order valence-electron chi connectivity index (χ0n) is 8.02. The quantitative estimate of drug-likeness (QED) is 0.808. The lowest BCUT2D eigenvalue weighted by molar-refractivity contribution is -0.289. The van der Waals surface area contributed by atoms with Gasteiger partial charge < -0.3 is 0 Å². The molecule has 1 radical (unpaired) electrons. The molecule has 1 N–H and O–H groups in total. The minimum atomic E-state index is -5.70. The molecule has 0 saturated heterocycles. The van der Waals surface area contributed by atoms with Crippen LogP contribution in [0.2, 0.25) is 0 Å². The molecular formula is C9H5F5NO2. The number of carbonyl (C=O) groups excluding carboxylic acids is 1. The third-order valence-electron chi connectivity index (χ3n) is 1.85. The van der Waals surface area contributed by atoms with Gasteiger partial charge in [-0.05, 0) is 12.1 Å². The van der Waals surface area contributed by atoms with Gasteiger partial charge in [-0.25, -0.2) is 9.90 Å². The van der Waals surface area contributed by atoms with Crippen molar-refractivity contribution in [2.45, 2.75) is 12.1 Å². The van der Waals surface area contributed by atoms with Gasteiger partial charge >= 0.3 is 18.2 Å². The van der Waals surface area contributed by atoms with Crippen LogP contribution in [-0.4, -0.2) is 12.3 Å². The molecule has 0 aliphatic carbocycles. The summed E-state index contributed by atoms with van der Waals surface area (Å²) in [6, 6.07) is 2.53. The minimum absolute atomic E-state index is 0.160. The summed E-state index contributed by atoms with van der Waals surface area (Å²) in [6.45, 7) is 0. The van der Waals surface area contributed by atoms with Gasteiger partial charge in [0, 0.05) is 11.3 Å². The fraction of sp³-hybridized carbons (Fsp3) is 0.222. The van der Waals surface area contributed by atoms with Gasteiger partial charge in [0.2, 0.25) is 0 Å². The molecule has 1 amide bonds. The van der Waals surface area contributed by atoms with Gasteiger partial charge in [-0.1, -0.05) is 12.1 Å². The predicted molar refractivity (Wildman–Crippen MR) is 46.1 cm³/mol. The van der Waals surface area contributed by atoms with Gasteiger partial charge in [0.1, 0.15) is 0 Å². The normalized spacial score (nSPS) is 12.3. The first-order valence-electron chi connectivity index (χ1n) is 4.17. The number of amides is 1. The van der Waals surface area contributed by atoms with Crippen LogP contribution in [0.3, 0.4) is 0 Å². The maximum atomic E-state index is 12.8. The number of hydrogen-bond acceptors (Lipinski definition) is 1. The smallest absolute Gasteiger partial charge is 0.288 e. The fourth-order valence-electron chi connectivity index (χ4n) is 1.04. The van der Waals surface area contributed by atoms with Crippen LogP contribution in [0.25, 0.3) is 0 Å². The Morgan fingerprint density at radius 3 is 1.82 bits per heavy atom. The Bertz CT molecular complexity index is 412. The van der Waals surface area contributed by atoms with E-state index in [1.54, 1.807) is 5.32 Å². The average molecular weight is 254 g/mol. The number of benzene rings is 1. The van der Waals surface area contributed by atoms with Crippen molar-refractivity contribution in [3.63, 3.8) is 0 Å². The van der Waals surface area contributed by atoms with E-state index in [1.807, 2.05) is 0 Å². The predicted octanol–water partition coefficient (Wildman–Crippen LogP) is 3.30. The molecule has 3 nitrogen and oxygen atoms in total. The molecule has 0 saturated carbocycles. The molecule has 17 heavy (non-hydrogen) atoms. The molecule has 0 fully saturated rings. The first-order valence-corrected chi connectivity index (χ1v) is 4.17. The number of hydrogen-bond donors (Lipinski definition) is 1. The summed E-state index contributed by atoms with van der Waals surface area (Å²) in [7, 11) is 0. The van der Waals surface area contributed by atoms with E-state index in [2.05, 4.69) is 0 Å². The van der Waals surface area contributed by atoms with Crippen molar-refractivity contribution in [1.29, 1.82) is 0 Å². The molecule has 1 aromatic carbocycles. The summed E-state index contributed by atoms with van der Waals surface area (Å²) < 4.78 is 61.4. The number of rotatable bonds is 2. The van der Waals surface area contributed by atoms with Crippen molar-refractivity contribution < 1.29 is 31.9 Å². The van der Waals surface area contributed by atoms with E-state index < -0.39 is 23.8 Å². The lowest BCUT2D eigenvalue weighted by Crippen LogP contribution is -2.33. The molecule has 0 heterocycles. The largest absolute Gasteiger partial charge is 0.458 e. The Morgan fingerprint density at radius 1 is 1.00 bits per heavy atom. The van der Waals surface area contributed by atoms with Crippen LogP contribution >= 0.6 is 0 Å². The van der Waals surface area contributed by atoms with Crippen LogP contribution in [-0.2, 0) is 11.0 Å².